The molecule has 0 bridgehead atoms. The fourth-order valence-electron chi connectivity index (χ4n) is 1.67. The van der Waals surface area contributed by atoms with Gasteiger partial charge in [0.2, 0.25) is 0 Å². The number of fused-ring (bicyclic) bond motifs is 1. The van der Waals surface area contributed by atoms with Crippen LogP contribution in [0.2, 0.25) is 0 Å². The van der Waals surface area contributed by atoms with E-state index in [1.54, 1.807) is 18.5 Å². The summed E-state index contributed by atoms with van der Waals surface area (Å²) in [6.07, 6.45) is 2.44. The molecule has 1 heterocycles. The molecule has 0 fully saturated rings. The molecule has 4 N–H and O–H groups in total. The largest absolute Gasteiger partial charge is 0.348 e. The van der Waals surface area contributed by atoms with Crippen LogP contribution >= 0.6 is 0 Å². The molecule has 0 saturated heterocycles. The highest BCUT2D eigenvalue weighted by Crippen LogP contribution is 2.11. The Hall–Kier alpha value is -1.88. The lowest BCUT2D eigenvalue weighted by molar-refractivity contribution is 0.0937. The number of nitrogens with zero attached hydrogens (tertiary/aromatic N) is 1. The van der Waals surface area contributed by atoms with E-state index in [1.807, 2.05) is 13.0 Å². The number of aromatic amines is 1. The molecule has 1 aromatic heterocycles. The normalized spacial score (nSPS) is 12.6. The van der Waals surface area contributed by atoms with Gasteiger partial charge in [0.05, 0.1) is 17.4 Å². The predicted octanol–water partition coefficient (Wildman–Crippen LogP) is 1.03. The Kier molecular flexibility index (Phi) is 3.39. The lowest BCUT2D eigenvalue weighted by Gasteiger charge is -2.14. The summed E-state index contributed by atoms with van der Waals surface area (Å²) in [5, 5.41) is 2.89. The molecule has 1 unspecified atom stereocenters. The van der Waals surface area contributed by atoms with Gasteiger partial charge in [0, 0.05) is 18.2 Å². The molecule has 0 aliphatic rings. The van der Waals surface area contributed by atoms with Gasteiger partial charge in [-0.3, -0.25) is 4.79 Å². The summed E-state index contributed by atoms with van der Waals surface area (Å²) in [5.41, 5.74) is 7.89. The first-order valence-electron chi connectivity index (χ1n) is 5.68. The summed E-state index contributed by atoms with van der Waals surface area (Å²) in [5.74, 6) is -0.0983. The van der Waals surface area contributed by atoms with Crippen molar-refractivity contribution in [1.29, 1.82) is 0 Å². The van der Waals surface area contributed by atoms with Gasteiger partial charge in [-0.25, -0.2) is 4.98 Å². The van der Waals surface area contributed by atoms with Crippen molar-refractivity contribution in [2.24, 2.45) is 5.73 Å². The molecule has 0 saturated carbocycles. The highest BCUT2D eigenvalue weighted by Gasteiger charge is 2.11. The van der Waals surface area contributed by atoms with Gasteiger partial charge in [0.15, 0.2) is 0 Å². The molecule has 1 amide bonds. The van der Waals surface area contributed by atoms with Crippen LogP contribution < -0.4 is 11.1 Å². The van der Waals surface area contributed by atoms with Gasteiger partial charge in [0.1, 0.15) is 0 Å². The van der Waals surface area contributed by atoms with Crippen molar-refractivity contribution in [2.45, 2.75) is 19.4 Å². The van der Waals surface area contributed by atoms with Gasteiger partial charge >= 0.3 is 0 Å². The standard InChI is InChI=1S/C12H16N4O/c1-2-9(6-13)16-12(17)8-3-4-10-11(5-8)15-7-14-10/h3-5,7,9H,2,6,13H2,1H3,(H,14,15)(H,16,17). The van der Waals surface area contributed by atoms with Gasteiger partial charge in [-0.15, -0.1) is 0 Å². The number of rotatable bonds is 4. The van der Waals surface area contributed by atoms with Gasteiger partial charge < -0.3 is 16.0 Å². The Morgan fingerprint density at radius 3 is 3.12 bits per heavy atom. The zero-order valence-corrected chi connectivity index (χ0v) is 9.73. The summed E-state index contributed by atoms with van der Waals surface area (Å²) in [7, 11) is 0. The van der Waals surface area contributed by atoms with Crippen LogP contribution in [0, 0.1) is 0 Å². The lowest BCUT2D eigenvalue weighted by atomic mass is 10.1. The third kappa shape index (κ3) is 2.45. The Bertz CT molecular complexity index is 516. The van der Waals surface area contributed by atoms with Gasteiger partial charge in [0.25, 0.3) is 5.91 Å². The molecule has 2 rings (SSSR count). The highest BCUT2D eigenvalue weighted by molar-refractivity contribution is 5.97. The van der Waals surface area contributed by atoms with Crippen molar-refractivity contribution >= 4 is 16.9 Å². The van der Waals surface area contributed by atoms with Crippen LogP contribution in [0.15, 0.2) is 24.5 Å². The number of nitrogens with one attached hydrogen (secondary N) is 2. The van der Waals surface area contributed by atoms with Crippen LogP contribution in [0.3, 0.4) is 0 Å². The number of amides is 1. The van der Waals surface area contributed by atoms with Gasteiger partial charge in [-0.05, 0) is 24.6 Å². The molecule has 0 spiro atoms. The predicted molar refractivity (Wildman–Crippen MR) is 66.7 cm³/mol. The van der Waals surface area contributed by atoms with E-state index >= 15 is 0 Å². The van der Waals surface area contributed by atoms with Crippen LogP contribution in [0.1, 0.15) is 23.7 Å². The Morgan fingerprint density at radius 1 is 1.59 bits per heavy atom. The number of nitrogens with two attached hydrogens (primary N) is 1. The van der Waals surface area contributed by atoms with Crippen LogP contribution in [0.4, 0.5) is 0 Å². The molecule has 17 heavy (non-hydrogen) atoms. The second kappa shape index (κ2) is 4.97. The maximum Gasteiger partial charge on any atom is 0.251 e. The number of hydrogen-bond acceptors (Lipinski definition) is 3. The molecule has 90 valence electrons. The molecular weight excluding hydrogens is 216 g/mol. The van der Waals surface area contributed by atoms with Crippen LogP contribution in [-0.4, -0.2) is 28.5 Å². The Labute approximate surface area is 99.4 Å². The monoisotopic (exact) mass is 232 g/mol. The second-order valence-corrected chi connectivity index (χ2v) is 3.95. The molecule has 1 atom stereocenters. The third-order valence-electron chi connectivity index (χ3n) is 2.79. The maximum atomic E-state index is 11.9. The van der Waals surface area contributed by atoms with Crippen molar-refractivity contribution in [2.75, 3.05) is 6.54 Å². The smallest absolute Gasteiger partial charge is 0.251 e. The Morgan fingerprint density at radius 2 is 2.41 bits per heavy atom. The van der Waals surface area contributed by atoms with E-state index in [0.29, 0.717) is 12.1 Å². The van der Waals surface area contributed by atoms with Gasteiger partial charge in [-0.2, -0.15) is 0 Å². The van der Waals surface area contributed by atoms with Crippen molar-refractivity contribution in [3.05, 3.63) is 30.1 Å². The number of carbonyl (C=O) groups is 1. The van der Waals surface area contributed by atoms with E-state index in [0.717, 1.165) is 17.5 Å². The van der Waals surface area contributed by atoms with Crippen LogP contribution in [0.25, 0.3) is 11.0 Å². The molecule has 5 heteroatoms. The topological polar surface area (TPSA) is 83.8 Å². The third-order valence-corrected chi connectivity index (χ3v) is 2.79. The SMILES string of the molecule is CCC(CN)NC(=O)c1ccc2nc[nH]c2c1. The van der Waals surface area contributed by atoms with E-state index in [-0.39, 0.29) is 11.9 Å². The van der Waals surface area contributed by atoms with E-state index < -0.39 is 0 Å². The van der Waals surface area contributed by atoms with Crippen molar-refractivity contribution < 1.29 is 4.79 Å². The number of carbonyl (C=O) groups excluding carboxylic acids is 1. The zero-order valence-electron chi connectivity index (χ0n) is 9.73. The first-order valence-corrected chi connectivity index (χ1v) is 5.68. The van der Waals surface area contributed by atoms with E-state index in [1.165, 1.54) is 0 Å². The van der Waals surface area contributed by atoms with Crippen molar-refractivity contribution in [3.8, 4) is 0 Å². The van der Waals surface area contributed by atoms with E-state index in [9.17, 15) is 4.79 Å². The summed E-state index contributed by atoms with van der Waals surface area (Å²) >= 11 is 0. The molecule has 0 aliphatic heterocycles. The Balaban J connectivity index is 2.18. The van der Waals surface area contributed by atoms with E-state index in [4.69, 9.17) is 5.73 Å². The lowest BCUT2D eigenvalue weighted by Crippen LogP contribution is -2.39. The summed E-state index contributed by atoms with van der Waals surface area (Å²) in [6.45, 7) is 2.45. The number of H-pyrrole nitrogens is 1. The molecule has 5 nitrogen and oxygen atoms in total. The fraction of sp³-hybridized carbons (Fsp3) is 0.333. The molecule has 0 radical (unpaired) electrons. The van der Waals surface area contributed by atoms with E-state index in [2.05, 4.69) is 15.3 Å². The zero-order chi connectivity index (χ0) is 12.3. The average molecular weight is 232 g/mol. The summed E-state index contributed by atoms with van der Waals surface area (Å²) < 4.78 is 0. The minimum atomic E-state index is -0.0983. The molecular formula is C12H16N4O. The minimum absolute atomic E-state index is 0.0277. The molecule has 0 aliphatic carbocycles. The first-order chi connectivity index (χ1) is 8.24. The number of aromatic nitrogens is 2. The molecule has 1 aromatic carbocycles. The summed E-state index contributed by atoms with van der Waals surface area (Å²) in [6, 6.07) is 5.41. The van der Waals surface area contributed by atoms with Crippen LogP contribution in [0.5, 0.6) is 0 Å². The van der Waals surface area contributed by atoms with Crippen molar-refractivity contribution in [3.63, 3.8) is 0 Å². The highest BCUT2D eigenvalue weighted by atomic mass is 16.1. The van der Waals surface area contributed by atoms with Gasteiger partial charge in [-0.1, -0.05) is 6.92 Å². The van der Waals surface area contributed by atoms with Crippen molar-refractivity contribution in [1.82, 2.24) is 15.3 Å². The maximum absolute atomic E-state index is 11.9. The minimum Gasteiger partial charge on any atom is -0.348 e. The first kappa shape index (κ1) is 11.6. The number of benzene rings is 1. The summed E-state index contributed by atoms with van der Waals surface area (Å²) in [4.78, 5) is 19.0. The quantitative estimate of drug-likeness (QED) is 0.736. The van der Waals surface area contributed by atoms with Crippen LogP contribution in [-0.2, 0) is 0 Å². The number of hydrogen-bond donors (Lipinski definition) is 3. The second-order valence-electron chi connectivity index (χ2n) is 3.95. The number of imidazole rings is 1. The molecule has 2 aromatic rings. The fourth-order valence-corrected chi connectivity index (χ4v) is 1.67. The average Bonchev–Trinajstić information content (AvgIpc) is 2.82.